The van der Waals surface area contributed by atoms with Gasteiger partial charge in [0.15, 0.2) is 0 Å². The molecular weight excluding hydrogens is 168 g/mol. The maximum Gasteiger partial charge on any atom is 0.0275 e. The lowest BCUT2D eigenvalue weighted by Gasteiger charge is -2.06. The van der Waals surface area contributed by atoms with Crippen LogP contribution in [0, 0.1) is 6.92 Å². The van der Waals surface area contributed by atoms with E-state index in [0.717, 1.165) is 0 Å². The molecule has 66 valence electrons. The van der Waals surface area contributed by atoms with Crippen molar-refractivity contribution in [3.63, 3.8) is 0 Å². The zero-order valence-corrected chi connectivity index (χ0v) is 8.24. The molecule has 0 bridgehead atoms. The molecule has 0 atom stereocenters. The average Bonchev–Trinajstić information content (AvgIpc) is 2.05. The Morgan fingerprint density at radius 1 is 1.50 bits per heavy atom. The van der Waals surface area contributed by atoms with E-state index >= 15 is 0 Å². The molecular formula is C9H14N2S. The summed E-state index contributed by atoms with van der Waals surface area (Å²) in [5.41, 5.74) is 8.05. The van der Waals surface area contributed by atoms with E-state index < -0.39 is 0 Å². The summed E-state index contributed by atoms with van der Waals surface area (Å²) in [6, 6.07) is 6.31. The fraction of sp³-hybridized carbons (Fsp3) is 0.333. The van der Waals surface area contributed by atoms with E-state index in [1.807, 2.05) is 7.05 Å². The Morgan fingerprint density at radius 2 is 2.25 bits per heavy atom. The third-order valence-corrected chi connectivity index (χ3v) is 2.46. The minimum absolute atomic E-state index is 0.601. The van der Waals surface area contributed by atoms with Gasteiger partial charge in [0.25, 0.3) is 0 Å². The van der Waals surface area contributed by atoms with E-state index in [0.29, 0.717) is 6.54 Å². The molecule has 0 aliphatic rings. The molecule has 1 aromatic rings. The summed E-state index contributed by atoms with van der Waals surface area (Å²) < 4.78 is 3.05. The molecule has 3 heteroatoms. The highest BCUT2D eigenvalue weighted by Gasteiger charge is 2.00. The van der Waals surface area contributed by atoms with Crippen LogP contribution in [0.25, 0.3) is 0 Å². The van der Waals surface area contributed by atoms with Crippen molar-refractivity contribution in [3.05, 3.63) is 29.3 Å². The quantitative estimate of drug-likeness (QED) is 0.698. The van der Waals surface area contributed by atoms with Gasteiger partial charge < -0.3 is 5.73 Å². The van der Waals surface area contributed by atoms with Gasteiger partial charge in [-0.25, -0.2) is 0 Å². The van der Waals surface area contributed by atoms with Crippen LogP contribution in [-0.2, 0) is 6.54 Å². The van der Waals surface area contributed by atoms with E-state index in [-0.39, 0.29) is 0 Å². The van der Waals surface area contributed by atoms with Crippen LogP contribution in [0.4, 0.5) is 0 Å². The van der Waals surface area contributed by atoms with Crippen molar-refractivity contribution < 1.29 is 0 Å². The predicted octanol–water partition coefficient (Wildman–Crippen LogP) is 1.68. The highest BCUT2D eigenvalue weighted by atomic mass is 32.2. The predicted molar refractivity (Wildman–Crippen MR) is 54.0 cm³/mol. The Labute approximate surface area is 77.7 Å². The molecule has 0 amide bonds. The van der Waals surface area contributed by atoms with E-state index in [9.17, 15) is 0 Å². The molecule has 1 aromatic carbocycles. The van der Waals surface area contributed by atoms with Gasteiger partial charge in [0, 0.05) is 11.4 Å². The molecule has 0 spiro atoms. The van der Waals surface area contributed by atoms with Crippen LogP contribution in [0.1, 0.15) is 11.1 Å². The summed E-state index contributed by atoms with van der Waals surface area (Å²) in [5.74, 6) is 0. The van der Waals surface area contributed by atoms with Gasteiger partial charge in [-0.3, -0.25) is 4.72 Å². The molecule has 0 radical (unpaired) electrons. The normalized spacial score (nSPS) is 10.2. The topological polar surface area (TPSA) is 38.0 Å². The zero-order chi connectivity index (χ0) is 8.97. The van der Waals surface area contributed by atoms with Gasteiger partial charge in [-0.2, -0.15) is 0 Å². The minimum atomic E-state index is 0.601. The van der Waals surface area contributed by atoms with E-state index in [2.05, 4.69) is 29.8 Å². The molecule has 0 unspecified atom stereocenters. The Bertz CT molecular complexity index is 261. The van der Waals surface area contributed by atoms with Crippen molar-refractivity contribution in [2.24, 2.45) is 5.73 Å². The van der Waals surface area contributed by atoms with E-state index in [1.54, 1.807) is 11.9 Å². The minimum Gasteiger partial charge on any atom is -0.326 e. The zero-order valence-electron chi connectivity index (χ0n) is 7.42. The highest BCUT2D eigenvalue weighted by Crippen LogP contribution is 2.20. The van der Waals surface area contributed by atoms with Gasteiger partial charge in [0.1, 0.15) is 0 Å². The first-order valence-electron chi connectivity index (χ1n) is 3.91. The van der Waals surface area contributed by atoms with Crippen molar-refractivity contribution in [1.29, 1.82) is 0 Å². The second-order valence-electron chi connectivity index (χ2n) is 2.62. The lowest BCUT2D eigenvalue weighted by Crippen LogP contribution is -2.01. The molecule has 0 fully saturated rings. The number of rotatable bonds is 3. The molecule has 0 aliphatic carbocycles. The average molecular weight is 182 g/mol. The number of nitrogens with two attached hydrogens (primary N) is 1. The lowest BCUT2D eigenvalue weighted by molar-refractivity contribution is 1.02. The smallest absolute Gasteiger partial charge is 0.0275 e. The first-order valence-corrected chi connectivity index (χ1v) is 4.72. The summed E-state index contributed by atoms with van der Waals surface area (Å²) in [7, 11) is 1.91. The summed E-state index contributed by atoms with van der Waals surface area (Å²) in [5, 5.41) is 0. The van der Waals surface area contributed by atoms with Gasteiger partial charge in [-0.1, -0.05) is 12.1 Å². The second-order valence-corrected chi connectivity index (χ2v) is 3.67. The van der Waals surface area contributed by atoms with E-state index in [4.69, 9.17) is 5.73 Å². The largest absolute Gasteiger partial charge is 0.326 e. The molecule has 12 heavy (non-hydrogen) atoms. The first kappa shape index (κ1) is 9.58. The Hall–Kier alpha value is -0.510. The van der Waals surface area contributed by atoms with Crippen LogP contribution >= 0.6 is 11.9 Å². The van der Waals surface area contributed by atoms with Crippen LogP contribution in [0.15, 0.2) is 23.1 Å². The van der Waals surface area contributed by atoms with Crippen LogP contribution in [-0.4, -0.2) is 7.05 Å². The molecule has 0 saturated carbocycles. The lowest BCUT2D eigenvalue weighted by atomic mass is 10.1. The monoisotopic (exact) mass is 182 g/mol. The highest BCUT2D eigenvalue weighted by molar-refractivity contribution is 7.97. The molecule has 1 rings (SSSR count). The SMILES string of the molecule is CNSc1cc(C)ccc1CN. The number of benzene rings is 1. The van der Waals surface area contributed by atoms with E-state index in [1.165, 1.54) is 16.0 Å². The molecule has 0 heterocycles. The number of nitrogens with one attached hydrogen (secondary N) is 1. The van der Waals surface area contributed by atoms with Gasteiger partial charge in [-0.15, -0.1) is 0 Å². The van der Waals surface area contributed by atoms with Crippen LogP contribution in [0.3, 0.4) is 0 Å². The first-order chi connectivity index (χ1) is 5.77. The van der Waals surface area contributed by atoms with Crippen molar-refractivity contribution in [3.8, 4) is 0 Å². The van der Waals surface area contributed by atoms with Gasteiger partial charge in [-0.05, 0) is 43.1 Å². The van der Waals surface area contributed by atoms with Crippen LogP contribution in [0.5, 0.6) is 0 Å². The third-order valence-electron chi connectivity index (χ3n) is 1.65. The molecule has 0 saturated heterocycles. The van der Waals surface area contributed by atoms with Crippen molar-refractivity contribution in [2.75, 3.05) is 7.05 Å². The summed E-state index contributed by atoms with van der Waals surface area (Å²) >= 11 is 1.61. The summed E-state index contributed by atoms with van der Waals surface area (Å²) in [4.78, 5) is 1.22. The molecule has 0 aliphatic heterocycles. The molecule has 3 N–H and O–H groups in total. The van der Waals surface area contributed by atoms with Gasteiger partial charge in [0.2, 0.25) is 0 Å². The number of hydrogen-bond donors (Lipinski definition) is 2. The van der Waals surface area contributed by atoms with Crippen molar-refractivity contribution in [2.45, 2.75) is 18.4 Å². The standard InChI is InChI=1S/C9H14N2S/c1-7-3-4-8(6-10)9(5-7)12-11-2/h3-5,11H,6,10H2,1-2H3. The van der Waals surface area contributed by atoms with Crippen molar-refractivity contribution in [1.82, 2.24) is 4.72 Å². The fourth-order valence-corrected chi connectivity index (χ4v) is 1.78. The number of hydrogen-bond acceptors (Lipinski definition) is 3. The van der Waals surface area contributed by atoms with Gasteiger partial charge in [0.05, 0.1) is 0 Å². The Balaban J connectivity index is 2.95. The maximum absolute atomic E-state index is 5.59. The van der Waals surface area contributed by atoms with Crippen LogP contribution < -0.4 is 10.5 Å². The Kier molecular flexibility index (Phi) is 3.59. The molecule has 2 nitrogen and oxygen atoms in total. The third kappa shape index (κ3) is 2.24. The second kappa shape index (κ2) is 4.50. The Morgan fingerprint density at radius 3 is 2.83 bits per heavy atom. The van der Waals surface area contributed by atoms with Crippen LogP contribution in [0.2, 0.25) is 0 Å². The van der Waals surface area contributed by atoms with Gasteiger partial charge >= 0.3 is 0 Å². The summed E-state index contributed by atoms with van der Waals surface area (Å²) in [6.45, 7) is 2.68. The fourth-order valence-electron chi connectivity index (χ4n) is 1.04. The maximum atomic E-state index is 5.59. The summed E-state index contributed by atoms with van der Waals surface area (Å²) in [6.07, 6.45) is 0. The number of aryl methyl sites for hydroxylation is 1. The molecule has 0 aromatic heterocycles. The van der Waals surface area contributed by atoms with Crippen molar-refractivity contribution >= 4 is 11.9 Å².